The Hall–Kier alpha value is 0.519. The van der Waals surface area contributed by atoms with Gasteiger partial charge in [-0.25, -0.2) is 0 Å². The molecule has 0 unspecified atom stereocenters. The van der Waals surface area contributed by atoms with E-state index in [1.54, 1.807) is 10.6 Å². The van der Waals surface area contributed by atoms with Crippen molar-refractivity contribution in [1.29, 1.82) is 0 Å². The SMILES string of the molecule is C1CC[Se]C1. The van der Waals surface area contributed by atoms with E-state index >= 15 is 0 Å². The summed E-state index contributed by atoms with van der Waals surface area (Å²) in [7, 11) is 0. The molecule has 0 nitrogen and oxygen atoms in total. The molecular weight excluding hydrogens is 127 g/mol. The zero-order valence-electron chi connectivity index (χ0n) is 3.24. The average Bonchev–Trinajstić information content (AvgIpc) is 1.76. The predicted octanol–water partition coefficient (Wildman–Crippen LogP) is 1.32. The van der Waals surface area contributed by atoms with Gasteiger partial charge in [0.05, 0.1) is 0 Å². The average molecular weight is 135 g/mol. The summed E-state index contributed by atoms with van der Waals surface area (Å²) < 4.78 is 0. The predicted molar refractivity (Wildman–Crippen MR) is 24.6 cm³/mol. The third kappa shape index (κ3) is 0.942. The minimum absolute atomic E-state index is 1.07. The van der Waals surface area contributed by atoms with Crippen molar-refractivity contribution >= 4 is 15.0 Å². The summed E-state index contributed by atoms with van der Waals surface area (Å²) in [6, 6.07) is 0. The van der Waals surface area contributed by atoms with E-state index in [2.05, 4.69) is 0 Å². The summed E-state index contributed by atoms with van der Waals surface area (Å²) in [6.07, 6.45) is 3.06. The fourth-order valence-electron chi connectivity index (χ4n) is 0.510. The first-order valence-electron chi connectivity index (χ1n) is 2.08. The van der Waals surface area contributed by atoms with E-state index in [9.17, 15) is 0 Å². The Morgan fingerprint density at radius 1 is 1.00 bits per heavy atom. The Morgan fingerprint density at radius 3 is 1.80 bits per heavy atom. The fraction of sp³-hybridized carbons (Fsp3) is 1.00. The Balaban J connectivity index is 2.08. The first kappa shape index (κ1) is 3.70. The van der Waals surface area contributed by atoms with Crippen molar-refractivity contribution in [2.75, 3.05) is 0 Å². The molecule has 1 fully saturated rings. The van der Waals surface area contributed by atoms with Gasteiger partial charge in [0.15, 0.2) is 0 Å². The van der Waals surface area contributed by atoms with Crippen LogP contribution < -0.4 is 0 Å². The molecule has 1 aliphatic heterocycles. The first-order valence-corrected chi connectivity index (χ1v) is 4.50. The molecule has 1 heteroatoms. The molecule has 1 saturated heterocycles. The Morgan fingerprint density at radius 2 is 1.60 bits per heavy atom. The van der Waals surface area contributed by atoms with Crippen LogP contribution in [0.4, 0.5) is 0 Å². The second kappa shape index (κ2) is 1.84. The standard InChI is InChI=1S/C4H8Se/c1-2-4-5-3-1/h1-4H2. The van der Waals surface area contributed by atoms with Gasteiger partial charge in [-0.1, -0.05) is 0 Å². The van der Waals surface area contributed by atoms with Crippen LogP contribution in [0.3, 0.4) is 0 Å². The van der Waals surface area contributed by atoms with Gasteiger partial charge >= 0.3 is 38.4 Å². The third-order valence-corrected chi connectivity index (χ3v) is 3.25. The monoisotopic (exact) mass is 136 g/mol. The van der Waals surface area contributed by atoms with Crippen molar-refractivity contribution < 1.29 is 0 Å². The molecule has 0 bridgehead atoms. The van der Waals surface area contributed by atoms with Gasteiger partial charge in [-0.3, -0.25) is 0 Å². The maximum absolute atomic E-state index is 1.56. The first-order chi connectivity index (χ1) is 2.50. The van der Waals surface area contributed by atoms with Gasteiger partial charge in [0, 0.05) is 0 Å². The summed E-state index contributed by atoms with van der Waals surface area (Å²) in [5, 5.41) is 3.12. The van der Waals surface area contributed by atoms with Crippen LogP contribution in [0.15, 0.2) is 0 Å². The van der Waals surface area contributed by atoms with Crippen LogP contribution in [0.5, 0.6) is 0 Å². The number of hydrogen-bond donors (Lipinski definition) is 0. The normalized spacial score (nSPS) is 24.0. The van der Waals surface area contributed by atoms with E-state index in [0.29, 0.717) is 0 Å². The van der Waals surface area contributed by atoms with Crippen molar-refractivity contribution in [2.45, 2.75) is 23.5 Å². The van der Waals surface area contributed by atoms with E-state index in [-0.39, 0.29) is 0 Å². The molecule has 0 aromatic heterocycles. The van der Waals surface area contributed by atoms with E-state index in [1.807, 2.05) is 0 Å². The molecule has 1 aliphatic rings. The molecule has 0 amide bonds. The van der Waals surface area contributed by atoms with E-state index in [0.717, 1.165) is 15.0 Å². The van der Waals surface area contributed by atoms with Crippen LogP contribution in [0.2, 0.25) is 10.6 Å². The van der Waals surface area contributed by atoms with Gasteiger partial charge in [0.1, 0.15) is 0 Å². The van der Waals surface area contributed by atoms with Crippen LogP contribution >= 0.6 is 0 Å². The zero-order chi connectivity index (χ0) is 3.54. The molecule has 5 heavy (non-hydrogen) atoms. The maximum atomic E-state index is 1.56. The van der Waals surface area contributed by atoms with Gasteiger partial charge in [-0.15, -0.1) is 0 Å². The molecule has 0 spiro atoms. The summed E-state index contributed by atoms with van der Waals surface area (Å²) in [6.45, 7) is 0. The van der Waals surface area contributed by atoms with Gasteiger partial charge < -0.3 is 0 Å². The third-order valence-electron chi connectivity index (χ3n) is 0.827. The van der Waals surface area contributed by atoms with Crippen molar-refractivity contribution in [3.05, 3.63) is 0 Å². The molecule has 0 atom stereocenters. The van der Waals surface area contributed by atoms with Crippen LogP contribution in [-0.4, -0.2) is 15.0 Å². The van der Waals surface area contributed by atoms with Gasteiger partial charge in [-0.2, -0.15) is 0 Å². The Labute approximate surface area is 39.1 Å². The quantitative estimate of drug-likeness (QED) is 0.439. The second-order valence-corrected chi connectivity index (χ2v) is 3.89. The molecule has 0 N–H and O–H groups in total. The molecular formula is C4H8Se. The van der Waals surface area contributed by atoms with Gasteiger partial charge in [0.2, 0.25) is 0 Å². The fourth-order valence-corrected chi connectivity index (χ4v) is 2.65. The zero-order valence-corrected chi connectivity index (χ0v) is 4.95. The molecule has 1 heterocycles. The molecule has 0 radical (unpaired) electrons. The summed E-state index contributed by atoms with van der Waals surface area (Å²) in [4.78, 5) is 0. The van der Waals surface area contributed by atoms with E-state index < -0.39 is 0 Å². The van der Waals surface area contributed by atoms with Crippen LogP contribution in [0, 0.1) is 0 Å². The van der Waals surface area contributed by atoms with Crippen molar-refractivity contribution in [3.63, 3.8) is 0 Å². The summed E-state index contributed by atoms with van der Waals surface area (Å²) in [5.74, 6) is 0. The van der Waals surface area contributed by atoms with Gasteiger partial charge in [-0.05, 0) is 0 Å². The van der Waals surface area contributed by atoms with Crippen molar-refractivity contribution in [1.82, 2.24) is 0 Å². The Bertz CT molecular complexity index is 15.2. The number of rotatable bonds is 0. The van der Waals surface area contributed by atoms with Crippen LogP contribution in [0.1, 0.15) is 12.8 Å². The molecule has 30 valence electrons. The van der Waals surface area contributed by atoms with Crippen LogP contribution in [0.25, 0.3) is 0 Å². The van der Waals surface area contributed by atoms with Crippen LogP contribution in [-0.2, 0) is 0 Å². The molecule has 0 saturated carbocycles. The van der Waals surface area contributed by atoms with E-state index in [1.165, 1.54) is 12.8 Å². The topological polar surface area (TPSA) is 0 Å². The van der Waals surface area contributed by atoms with Crippen molar-refractivity contribution in [2.24, 2.45) is 0 Å². The number of hydrogen-bond acceptors (Lipinski definition) is 0. The minimum atomic E-state index is 1.07. The van der Waals surface area contributed by atoms with Gasteiger partial charge in [0.25, 0.3) is 0 Å². The molecule has 0 aliphatic carbocycles. The second-order valence-electron chi connectivity index (χ2n) is 1.32. The van der Waals surface area contributed by atoms with E-state index in [4.69, 9.17) is 0 Å². The summed E-state index contributed by atoms with van der Waals surface area (Å²) in [5.41, 5.74) is 0. The molecule has 1 rings (SSSR count). The molecule has 0 aromatic carbocycles. The Kier molecular flexibility index (Phi) is 1.36. The summed E-state index contributed by atoms with van der Waals surface area (Å²) >= 11 is 1.07. The molecule has 0 aromatic rings. The van der Waals surface area contributed by atoms with Crippen molar-refractivity contribution in [3.8, 4) is 0 Å².